The molecule has 0 aromatic rings. The van der Waals surface area contributed by atoms with Crippen molar-refractivity contribution in [2.24, 2.45) is 0 Å². The molecule has 1 aliphatic carbocycles. The highest BCUT2D eigenvalue weighted by Crippen LogP contribution is 2.49. The molecule has 1 saturated heterocycles. The summed E-state index contributed by atoms with van der Waals surface area (Å²) in [6.45, 7) is 5.11. The van der Waals surface area contributed by atoms with Gasteiger partial charge in [0.05, 0.1) is 25.4 Å². The summed E-state index contributed by atoms with van der Waals surface area (Å²) in [5.74, 6) is -0.841. The van der Waals surface area contributed by atoms with Crippen molar-refractivity contribution in [1.29, 1.82) is 0 Å². The van der Waals surface area contributed by atoms with Gasteiger partial charge in [-0.1, -0.05) is 6.58 Å². The van der Waals surface area contributed by atoms with Crippen molar-refractivity contribution < 1.29 is 19.0 Å². The van der Waals surface area contributed by atoms with E-state index in [1.165, 1.54) is 6.08 Å². The highest BCUT2D eigenvalue weighted by atomic mass is 16.7. The maximum atomic E-state index is 11.6. The first-order valence-corrected chi connectivity index (χ1v) is 6.39. The minimum Gasteiger partial charge on any atom is -0.382 e. The van der Waals surface area contributed by atoms with Gasteiger partial charge < -0.3 is 19.5 Å². The topological polar surface area (TPSA) is 56.8 Å². The smallest absolute Gasteiger partial charge is 0.244 e. The van der Waals surface area contributed by atoms with Crippen molar-refractivity contribution in [2.75, 3.05) is 26.9 Å². The lowest BCUT2D eigenvalue weighted by Crippen LogP contribution is -2.59. The number of hydrogen-bond acceptors (Lipinski definition) is 4. The number of hydrogen-bond donors (Lipinski definition) is 1. The molecule has 2 fully saturated rings. The van der Waals surface area contributed by atoms with E-state index in [1.54, 1.807) is 7.11 Å². The van der Waals surface area contributed by atoms with E-state index in [-0.39, 0.29) is 5.91 Å². The Hall–Kier alpha value is -0.910. The van der Waals surface area contributed by atoms with Crippen LogP contribution in [0.25, 0.3) is 0 Å². The Kier molecular flexibility index (Phi) is 4.04. The molecular formula is C13H21NO4. The van der Waals surface area contributed by atoms with Crippen LogP contribution in [0, 0.1) is 0 Å². The second-order valence-electron chi connectivity index (χ2n) is 4.82. The quantitative estimate of drug-likeness (QED) is 0.568. The van der Waals surface area contributed by atoms with E-state index in [0.29, 0.717) is 19.8 Å². The van der Waals surface area contributed by atoms with Gasteiger partial charge in [0.15, 0.2) is 5.79 Å². The molecule has 0 aromatic carbocycles. The third-order valence-electron chi connectivity index (χ3n) is 3.87. The molecule has 0 aromatic heterocycles. The third-order valence-corrected chi connectivity index (χ3v) is 3.87. The summed E-state index contributed by atoms with van der Waals surface area (Å²) < 4.78 is 16.7. The third kappa shape index (κ3) is 2.18. The Morgan fingerprint density at radius 1 is 1.44 bits per heavy atom. The van der Waals surface area contributed by atoms with Crippen molar-refractivity contribution in [1.82, 2.24) is 5.32 Å². The van der Waals surface area contributed by atoms with Crippen LogP contribution in [0.3, 0.4) is 0 Å². The fourth-order valence-electron chi connectivity index (χ4n) is 3.02. The normalized spacial score (nSPS) is 34.3. The number of ether oxygens (including phenoxy) is 3. The van der Waals surface area contributed by atoms with Crippen molar-refractivity contribution in [3.63, 3.8) is 0 Å². The number of methoxy groups -OCH3 is 1. The van der Waals surface area contributed by atoms with Crippen LogP contribution >= 0.6 is 0 Å². The second kappa shape index (κ2) is 5.38. The van der Waals surface area contributed by atoms with Crippen LogP contribution in [-0.4, -0.2) is 44.2 Å². The van der Waals surface area contributed by atoms with Crippen molar-refractivity contribution >= 4 is 5.91 Å². The molecule has 102 valence electrons. The Labute approximate surface area is 107 Å². The van der Waals surface area contributed by atoms with Gasteiger partial charge in [0.25, 0.3) is 0 Å². The van der Waals surface area contributed by atoms with Crippen LogP contribution in [-0.2, 0) is 19.0 Å². The van der Waals surface area contributed by atoms with Crippen molar-refractivity contribution in [2.45, 2.75) is 37.0 Å². The summed E-state index contributed by atoms with van der Waals surface area (Å²) in [5, 5.41) is 3.02. The summed E-state index contributed by atoms with van der Waals surface area (Å²) in [6, 6.07) is 0. The molecule has 0 bridgehead atoms. The van der Waals surface area contributed by atoms with E-state index < -0.39 is 11.3 Å². The van der Waals surface area contributed by atoms with E-state index in [2.05, 4.69) is 11.9 Å². The highest BCUT2D eigenvalue weighted by molar-refractivity contribution is 5.87. The van der Waals surface area contributed by atoms with E-state index in [1.807, 2.05) is 0 Å². The second-order valence-corrected chi connectivity index (χ2v) is 4.82. The minimum atomic E-state index is -0.676. The predicted molar refractivity (Wildman–Crippen MR) is 66.0 cm³/mol. The van der Waals surface area contributed by atoms with Gasteiger partial charge in [-0.3, -0.25) is 4.79 Å². The molecule has 0 radical (unpaired) electrons. The number of amides is 1. The summed E-state index contributed by atoms with van der Waals surface area (Å²) in [5.41, 5.74) is -0.397. The van der Waals surface area contributed by atoms with E-state index >= 15 is 0 Å². The van der Waals surface area contributed by atoms with Crippen LogP contribution in [0.15, 0.2) is 12.7 Å². The van der Waals surface area contributed by atoms with Crippen LogP contribution in [0.4, 0.5) is 0 Å². The molecule has 2 atom stereocenters. The van der Waals surface area contributed by atoms with E-state index in [4.69, 9.17) is 14.2 Å². The van der Waals surface area contributed by atoms with Crippen LogP contribution in [0.2, 0.25) is 0 Å². The zero-order valence-corrected chi connectivity index (χ0v) is 10.9. The monoisotopic (exact) mass is 255 g/mol. The first-order chi connectivity index (χ1) is 8.68. The van der Waals surface area contributed by atoms with Gasteiger partial charge in [-0.05, 0) is 25.3 Å². The molecule has 18 heavy (non-hydrogen) atoms. The van der Waals surface area contributed by atoms with Gasteiger partial charge in [-0.2, -0.15) is 0 Å². The SMILES string of the molecule is C=CC(=O)N[C@@]12CCC[C@]1(OCCOC)OCC2. The van der Waals surface area contributed by atoms with Crippen LogP contribution in [0.5, 0.6) is 0 Å². The van der Waals surface area contributed by atoms with E-state index in [9.17, 15) is 4.79 Å². The maximum Gasteiger partial charge on any atom is 0.244 e. The lowest BCUT2D eigenvalue weighted by atomic mass is 9.90. The van der Waals surface area contributed by atoms with Crippen molar-refractivity contribution in [3.8, 4) is 0 Å². The first kappa shape index (κ1) is 13.5. The molecule has 1 aliphatic heterocycles. The minimum absolute atomic E-state index is 0.165. The zero-order valence-electron chi connectivity index (χ0n) is 10.9. The predicted octanol–water partition coefficient (Wildman–Crippen LogP) is 0.991. The molecule has 1 amide bonds. The van der Waals surface area contributed by atoms with Gasteiger partial charge in [-0.25, -0.2) is 0 Å². The largest absolute Gasteiger partial charge is 0.382 e. The fraction of sp³-hybridized carbons (Fsp3) is 0.769. The highest BCUT2D eigenvalue weighted by Gasteiger charge is 2.61. The van der Waals surface area contributed by atoms with Gasteiger partial charge in [-0.15, -0.1) is 0 Å². The van der Waals surface area contributed by atoms with Crippen molar-refractivity contribution in [3.05, 3.63) is 12.7 Å². The molecule has 2 rings (SSSR count). The van der Waals surface area contributed by atoms with Gasteiger partial charge in [0.2, 0.25) is 5.91 Å². The molecule has 1 N–H and O–H groups in total. The molecule has 5 nitrogen and oxygen atoms in total. The van der Waals surface area contributed by atoms with Crippen LogP contribution in [0.1, 0.15) is 25.7 Å². The number of nitrogens with one attached hydrogen (secondary N) is 1. The lowest BCUT2D eigenvalue weighted by Gasteiger charge is -2.39. The first-order valence-electron chi connectivity index (χ1n) is 6.39. The molecule has 2 aliphatic rings. The average molecular weight is 255 g/mol. The van der Waals surface area contributed by atoms with Crippen LogP contribution < -0.4 is 5.32 Å². The van der Waals surface area contributed by atoms with E-state index in [0.717, 1.165) is 25.7 Å². The molecule has 1 saturated carbocycles. The Morgan fingerprint density at radius 2 is 2.28 bits per heavy atom. The molecule has 0 spiro atoms. The zero-order chi connectivity index (χ0) is 13.1. The Balaban J connectivity index is 2.10. The molecule has 0 unspecified atom stereocenters. The van der Waals surface area contributed by atoms with Gasteiger partial charge >= 0.3 is 0 Å². The summed E-state index contributed by atoms with van der Waals surface area (Å²) in [7, 11) is 1.64. The summed E-state index contributed by atoms with van der Waals surface area (Å²) in [4.78, 5) is 11.6. The van der Waals surface area contributed by atoms with Gasteiger partial charge in [0.1, 0.15) is 0 Å². The molecular weight excluding hydrogens is 234 g/mol. The molecule has 5 heteroatoms. The maximum absolute atomic E-state index is 11.6. The number of rotatable bonds is 6. The number of carbonyl (C=O) groups excluding carboxylic acids is 1. The summed E-state index contributed by atoms with van der Waals surface area (Å²) >= 11 is 0. The Bertz CT molecular complexity index is 319. The average Bonchev–Trinajstić information content (AvgIpc) is 2.84. The summed E-state index contributed by atoms with van der Waals surface area (Å²) in [6.07, 6.45) is 4.78. The van der Waals surface area contributed by atoms with Gasteiger partial charge in [0, 0.05) is 13.5 Å². The number of carbonyl (C=O) groups is 1. The standard InChI is InChI=1S/C13H21NO4/c1-3-11(15)14-12-5-4-6-13(12,17-8-7-12)18-10-9-16-2/h3H,1,4-10H2,2H3,(H,14,15)/t12-,13-/m1/s1. The Morgan fingerprint density at radius 3 is 3.00 bits per heavy atom. The number of fused-ring (bicyclic) bond motifs is 1. The lowest BCUT2D eigenvalue weighted by molar-refractivity contribution is -0.235. The fourth-order valence-corrected chi connectivity index (χ4v) is 3.02. The molecule has 1 heterocycles.